The Balaban J connectivity index is 1.26. The van der Waals surface area contributed by atoms with Crippen LogP contribution in [0.4, 0.5) is 10.1 Å². The summed E-state index contributed by atoms with van der Waals surface area (Å²) in [5.74, 6) is -4.88. The average molecular weight is 643 g/mol. The molecule has 0 unspecified atom stereocenters. The van der Waals surface area contributed by atoms with Gasteiger partial charge in [0.1, 0.15) is 18.5 Å². The fraction of sp³-hybridized carbons (Fsp3) is 0.361. The van der Waals surface area contributed by atoms with Gasteiger partial charge in [0.05, 0.1) is 18.1 Å². The highest BCUT2D eigenvalue weighted by Crippen LogP contribution is 2.46. The zero-order valence-electron chi connectivity index (χ0n) is 26.0. The maximum absolute atomic E-state index is 13.6. The number of anilines is 1. The number of amides is 1. The van der Waals surface area contributed by atoms with Gasteiger partial charge in [-0.25, -0.2) is 9.37 Å². The second kappa shape index (κ2) is 15.6. The molecule has 1 aliphatic heterocycles. The summed E-state index contributed by atoms with van der Waals surface area (Å²) in [6, 6.07) is 21.3. The minimum Gasteiger partial charge on any atom is -0.481 e. The topological polar surface area (TPSA) is 146 Å². The molecule has 47 heavy (non-hydrogen) atoms. The predicted molar refractivity (Wildman–Crippen MR) is 172 cm³/mol. The molecule has 1 aromatic heterocycles. The Morgan fingerprint density at radius 2 is 1.47 bits per heavy atom. The molecule has 0 radical (unpaired) electrons. The van der Waals surface area contributed by atoms with Crippen molar-refractivity contribution in [2.45, 2.75) is 70.1 Å². The quantitative estimate of drug-likeness (QED) is 0.0748. The number of aliphatic hydroxyl groups is 1. The number of carbonyl (C=O) groups is 3. The van der Waals surface area contributed by atoms with Gasteiger partial charge in [-0.05, 0) is 97.9 Å². The van der Waals surface area contributed by atoms with Crippen LogP contribution >= 0.6 is 0 Å². The van der Waals surface area contributed by atoms with E-state index < -0.39 is 24.0 Å². The van der Waals surface area contributed by atoms with E-state index in [0.29, 0.717) is 31.2 Å². The van der Waals surface area contributed by atoms with Crippen LogP contribution in [0.2, 0.25) is 0 Å². The summed E-state index contributed by atoms with van der Waals surface area (Å²) in [6.07, 6.45) is 7.02. The molecule has 0 aliphatic carbocycles. The summed E-state index contributed by atoms with van der Waals surface area (Å²) in [4.78, 5) is 41.8. The third-order valence-electron chi connectivity index (χ3n) is 8.88. The first kappa shape index (κ1) is 33.5. The summed E-state index contributed by atoms with van der Waals surface area (Å²) < 4.78 is 15.2. The molecule has 1 saturated heterocycles. The Morgan fingerprint density at radius 1 is 0.830 bits per heavy atom. The zero-order chi connectivity index (χ0) is 33.3. The van der Waals surface area contributed by atoms with E-state index in [-0.39, 0.29) is 30.1 Å². The van der Waals surface area contributed by atoms with Crippen molar-refractivity contribution >= 4 is 23.5 Å². The standard InChI is InChI=1S/C36H39FN4O6/c37-28-15-13-26(14-16-28)32(42)20-19-30-33(27-11-7-25(8-12-27)5-3-6-31(35(44)45)36(46)47)41(34(30)43)29-17-9-24(10-18-29)4-1-2-21-40-23-38-22-39-40/h7-18,22-23,30-33,42H,1-6,19-21H2,(H,44,45)(H,46,47)/t30-,32+,33-/m1/s1. The Kier molecular flexibility index (Phi) is 11.1. The number of aliphatic carboxylic acids is 2. The molecule has 3 N–H and O–H groups in total. The maximum Gasteiger partial charge on any atom is 0.317 e. The molecule has 1 aliphatic rings. The van der Waals surface area contributed by atoms with E-state index >= 15 is 0 Å². The fourth-order valence-corrected chi connectivity index (χ4v) is 6.21. The number of carboxylic acids is 2. The molecule has 4 aromatic rings. The molecule has 2 heterocycles. The summed E-state index contributed by atoms with van der Waals surface area (Å²) >= 11 is 0. The van der Waals surface area contributed by atoms with Gasteiger partial charge in [-0.2, -0.15) is 5.10 Å². The predicted octanol–water partition coefficient (Wildman–Crippen LogP) is 5.77. The third kappa shape index (κ3) is 8.48. The van der Waals surface area contributed by atoms with E-state index in [2.05, 4.69) is 10.1 Å². The van der Waals surface area contributed by atoms with Gasteiger partial charge in [0.25, 0.3) is 0 Å². The molecule has 0 bridgehead atoms. The van der Waals surface area contributed by atoms with E-state index in [0.717, 1.165) is 42.6 Å². The van der Waals surface area contributed by atoms with Crippen LogP contribution in [0.3, 0.4) is 0 Å². The number of β-lactam (4-membered cyclic amide) rings is 1. The van der Waals surface area contributed by atoms with Crippen LogP contribution in [0.25, 0.3) is 0 Å². The highest BCUT2D eigenvalue weighted by Gasteiger charge is 2.48. The van der Waals surface area contributed by atoms with Gasteiger partial charge in [-0.15, -0.1) is 0 Å². The molecule has 1 amide bonds. The van der Waals surface area contributed by atoms with Gasteiger partial charge in [0, 0.05) is 12.2 Å². The van der Waals surface area contributed by atoms with Crippen molar-refractivity contribution in [3.05, 3.63) is 114 Å². The van der Waals surface area contributed by atoms with Crippen LogP contribution in [-0.2, 0) is 33.8 Å². The van der Waals surface area contributed by atoms with E-state index in [1.807, 2.05) is 53.2 Å². The van der Waals surface area contributed by atoms with E-state index in [1.165, 1.54) is 24.0 Å². The van der Waals surface area contributed by atoms with E-state index in [1.54, 1.807) is 23.4 Å². The van der Waals surface area contributed by atoms with Crippen molar-refractivity contribution < 1.29 is 34.1 Å². The molecule has 0 saturated carbocycles. The summed E-state index contributed by atoms with van der Waals surface area (Å²) in [6.45, 7) is 0.809. The van der Waals surface area contributed by atoms with Gasteiger partial charge in [0.2, 0.25) is 5.91 Å². The Bertz CT molecular complexity index is 1610. The minimum absolute atomic E-state index is 0.0284. The number of carbonyl (C=O) groups excluding carboxylic acids is 1. The normalized spacial score (nSPS) is 16.7. The number of carboxylic acid groups (broad SMARTS) is 2. The number of aromatic nitrogens is 3. The number of aliphatic hydroxyl groups excluding tert-OH is 1. The number of unbranched alkanes of at least 4 members (excludes halogenated alkanes) is 1. The Labute approximate surface area is 272 Å². The van der Waals surface area contributed by atoms with Gasteiger partial charge >= 0.3 is 11.9 Å². The van der Waals surface area contributed by atoms with Gasteiger partial charge in [0.15, 0.2) is 5.92 Å². The number of nitrogens with zero attached hydrogens (tertiary/aromatic N) is 4. The highest BCUT2D eigenvalue weighted by molar-refractivity contribution is 6.03. The highest BCUT2D eigenvalue weighted by atomic mass is 19.1. The summed E-state index contributed by atoms with van der Waals surface area (Å²) in [5.41, 5.74) is 4.44. The molecular formula is C36H39FN4O6. The van der Waals surface area contributed by atoms with Crippen molar-refractivity contribution in [1.29, 1.82) is 0 Å². The molecule has 10 nitrogen and oxygen atoms in total. The van der Waals surface area contributed by atoms with Gasteiger partial charge in [-0.1, -0.05) is 48.5 Å². The lowest BCUT2D eigenvalue weighted by Crippen LogP contribution is -2.55. The Hall–Kier alpha value is -4.90. The van der Waals surface area contributed by atoms with Crippen LogP contribution in [0.1, 0.15) is 72.9 Å². The van der Waals surface area contributed by atoms with E-state index in [9.17, 15) is 23.9 Å². The minimum atomic E-state index is -1.43. The van der Waals surface area contributed by atoms with Crippen molar-refractivity contribution in [3.8, 4) is 0 Å². The average Bonchev–Trinajstić information content (AvgIpc) is 3.58. The summed E-state index contributed by atoms with van der Waals surface area (Å²) in [7, 11) is 0. The molecule has 3 atom stereocenters. The van der Waals surface area contributed by atoms with Crippen LogP contribution in [0.15, 0.2) is 85.5 Å². The van der Waals surface area contributed by atoms with Crippen LogP contribution in [0, 0.1) is 17.7 Å². The number of aryl methyl sites for hydroxylation is 3. The summed E-state index contributed by atoms with van der Waals surface area (Å²) in [5, 5.41) is 33.2. The SMILES string of the molecule is O=C(O)C(CCCc1ccc([C@@H]2[C@@H](CC[C@H](O)c3ccc(F)cc3)C(=O)N2c2ccc(CCCCn3cncn3)cc2)cc1)C(=O)O. The van der Waals surface area contributed by atoms with E-state index in [4.69, 9.17) is 10.2 Å². The lowest BCUT2D eigenvalue weighted by atomic mass is 9.78. The zero-order valence-corrected chi connectivity index (χ0v) is 26.0. The lowest BCUT2D eigenvalue weighted by molar-refractivity contribution is -0.154. The number of rotatable bonds is 17. The van der Waals surface area contributed by atoms with Crippen LogP contribution in [0.5, 0.6) is 0 Å². The van der Waals surface area contributed by atoms with Crippen LogP contribution < -0.4 is 4.90 Å². The molecular weight excluding hydrogens is 603 g/mol. The largest absolute Gasteiger partial charge is 0.481 e. The van der Waals surface area contributed by atoms with Crippen molar-refractivity contribution in [1.82, 2.24) is 14.8 Å². The number of halogens is 1. The third-order valence-corrected chi connectivity index (χ3v) is 8.88. The van der Waals surface area contributed by atoms with Crippen LogP contribution in [-0.4, -0.2) is 47.9 Å². The van der Waals surface area contributed by atoms with Crippen molar-refractivity contribution in [3.63, 3.8) is 0 Å². The van der Waals surface area contributed by atoms with Gasteiger partial charge in [-0.3, -0.25) is 19.1 Å². The first-order chi connectivity index (χ1) is 22.7. The maximum atomic E-state index is 13.6. The molecule has 11 heteroatoms. The molecule has 5 rings (SSSR count). The van der Waals surface area contributed by atoms with Crippen molar-refractivity contribution in [2.75, 3.05) is 4.90 Å². The number of benzene rings is 3. The second-order valence-corrected chi connectivity index (χ2v) is 12.0. The van der Waals surface area contributed by atoms with Gasteiger partial charge < -0.3 is 20.2 Å². The first-order valence-corrected chi connectivity index (χ1v) is 15.9. The number of hydrogen-bond donors (Lipinski definition) is 3. The monoisotopic (exact) mass is 642 g/mol. The number of hydrogen-bond acceptors (Lipinski definition) is 6. The second-order valence-electron chi connectivity index (χ2n) is 12.0. The lowest BCUT2D eigenvalue weighted by Gasteiger charge is -2.48. The molecule has 3 aromatic carbocycles. The molecule has 246 valence electrons. The first-order valence-electron chi connectivity index (χ1n) is 15.9. The smallest absolute Gasteiger partial charge is 0.317 e. The molecule has 1 fully saturated rings. The Morgan fingerprint density at radius 3 is 2.09 bits per heavy atom. The molecule has 0 spiro atoms. The van der Waals surface area contributed by atoms with Crippen molar-refractivity contribution in [2.24, 2.45) is 11.8 Å². The fourth-order valence-electron chi connectivity index (χ4n) is 6.21.